The van der Waals surface area contributed by atoms with Gasteiger partial charge >= 0.3 is 0 Å². The fourth-order valence-electron chi connectivity index (χ4n) is 2.78. The Morgan fingerprint density at radius 3 is 2.94 bits per heavy atom. The summed E-state index contributed by atoms with van der Waals surface area (Å²) in [6.07, 6.45) is 2.36. The van der Waals surface area contributed by atoms with Gasteiger partial charge in [0.25, 0.3) is 0 Å². The van der Waals surface area contributed by atoms with Crippen molar-refractivity contribution >= 4 is 11.8 Å². The third-order valence-corrected chi connectivity index (χ3v) is 3.86. The predicted octanol–water partition coefficient (Wildman–Crippen LogP) is -0.292. The van der Waals surface area contributed by atoms with E-state index in [0.717, 1.165) is 19.4 Å². The van der Waals surface area contributed by atoms with Crippen molar-refractivity contribution in [3.05, 3.63) is 0 Å². The largest absolute Gasteiger partial charge is 0.355 e. The van der Waals surface area contributed by atoms with Crippen LogP contribution in [0.3, 0.4) is 0 Å². The van der Waals surface area contributed by atoms with Crippen LogP contribution in [-0.2, 0) is 9.59 Å². The molecule has 2 aliphatic heterocycles. The normalized spacial score (nSPS) is 33.6. The van der Waals surface area contributed by atoms with Crippen LogP contribution in [0.25, 0.3) is 0 Å². The van der Waals surface area contributed by atoms with Crippen molar-refractivity contribution in [1.29, 1.82) is 0 Å². The molecule has 0 bridgehead atoms. The van der Waals surface area contributed by atoms with E-state index < -0.39 is 0 Å². The Morgan fingerprint density at radius 1 is 1.59 bits per heavy atom. The van der Waals surface area contributed by atoms with Crippen LogP contribution in [0, 0.1) is 11.8 Å². The van der Waals surface area contributed by atoms with Gasteiger partial charge in [0.15, 0.2) is 0 Å². The summed E-state index contributed by atoms with van der Waals surface area (Å²) < 4.78 is 0. The second-order valence-electron chi connectivity index (χ2n) is 5.26. The van der Waals surface area contributed by atoms with Gasteiger partial charge in [-0.05, 0) is 18.8 Å². The van der Waals surface area contributed by atoms with Gasteiger partial charge in [0.1, 0.15) is 0 Å². The van der Waals surface area contributed by atoms with E-state index in [2.05, 4.69) is 12.2 Å². The Kier molecular flexibility index (Phi) is 3.66. The van der Waals surface area contributed by atoms with Gasteiger partial charge in [-0.1, -0.05) is 6.92 Å². The lowest BCUT2D eigenvalue weighted by Gasteiger charge is -2.39. The van der Waals surface area contributed by atoms with E-state index in [1.54, 1.807) is 0 Å². The summed E-state index contributed by atoms with van der Waals surface area (Å²) in [5.74, 6) is 0.546. The molecule has 0 aromatic heterocycles. The average molecular weight is 239 g/mol. The van der Waals surface area contributed by atoms with Crippen molar-refractivity contribution < 1.29 is 9.59 Å². The zero-order valence-electron chi connectivity index (χ0n) is 10.3. The lowest BCUT2D eigenvalue weighted by Crippen LogP contribution is -2.51. The molecule has 0 aromatic rings. The summed E-state index contributed by atoms with van der Waals surface area (Å²) in [7, 11) is 0. The van der Waals surface area contributed by atoms with Gasteiger partial charge in [-0.2, -0.15) is 0 Å². The first-order valence-corrected chi connectivity index (χ1v) is 6.39. The Bertz CT molecular complexity index is 319. The average Bonchev–Trinajstić information content (AvgIpc) is 2.75. The molecular weight excluding hydrogens is 218 g/mol. The summed E-state index contributed by atoms with van der Waals surface area (Å²) >= 11 is 0. The standard InChI is InChI=1S/C12H21N3O2/c1-8-2-3-15(10(4-8)6-13)12(17)9-5-11(16)14-7-9/h8-10H,2-7,13H2,1H3,(H,14,16). The molecule has 2 rings (SSSR count). The molecule has 3 N–H and O–H groups in total. The first-order valence-electron chi connectivity index (χ1n) is 6.39. The molecule has 0 radical (unpaired) electrons. The van der Waals surface area contributed by atoms with Crippen molar-refractivity contribution in [3.63, 3.8) is 0 Å². The van der Waals surface area contributed by atoms with E-state index in [4.69, 9.17) is 5.73 Å². The van der Waals surface area contributed by atoms with Crippen molar-refractivity contribution in [1.82, 2.24) is 10.2 Å². The van der Waals surface area contributed by atoms with Gasteiger partial charge in [-0.15, -0.1) is 0 Å². The zero-order valence-corrected chi connectivity index (χ0v) is 10.3. The van der Waals surface area contributed by atoms with Gasteiger partial charge in [0, 0.05) is 32.1 Å². The molecule has 2 saturated heterocycles. The molecular formula is C12H21N3O2. The number of carbonyl (C=O) groups is 2. The summed E-state index contributed by atoms with van der Waals surface area (Å²) in [5, 5.41) is 2.71. The summed E-state index contributed by atoms with van der Waals surface area (Å²) in [5.41, 5.74) is 5.74. The smallest absolute Gasteiger partial charge is 0.228 e. The number of likely N-dealkylation sites (tertiary alicyclic amines) is 1. The molecule has 17 heavy (non-hydrogen) atoms. The van der Waals surface area contributed by atoms with Crippen molar-refractivity contribution in [3.8, 4) is 0 Å². The SMILES string of the molecule is CC1CCN(C(=O)C2CNC(=O)C2)C(CN)C1. The van der Waals surface area contributed by atoms with E-state index >= 15 is 0 Å². The molecule has 2 fully saturated rings. The van der Waals surface area contributed by atoms with E-state index in [1.165, 1.54) is 0 Å². The molecule has 2 heterocycles. The number of amides is 2. The number of hydrogen-bond donors (Lipinski definition) is 2. The molecule has 3 unspecified atom stereocenters. The van der Waals surface area contributed by atoms with Crippen LogP contribution in [0.2, 0.25) is 0 Å². The second kappa shape index (κ2) is 5.04. The van der Waals surface area contributed by atoms with E-state index in [9.17, 15) is 9.59 Å². The molecule has 2 amide bonds. The van der Waals surface area contributed by atoms with Gasteiger partial charge in [0.2, 0.25) is 11.8 Å². The van der Waals surface area contributed by atoms with Crippen LogP contribution in [0.4, 0.5) is 0 Å². The van der Waals surface area contributed by atoms with Crippen molar-refractivity contribution in [2.75, 3.05) is 19.6 Å². The van der Waals surface area contributed by atoms with E-state index in [0.29, 0.717) is 25.4 Å². The van der Waals surface area contributed by atoms with Crippen molar-refractivity contribution in [2.45, 2.75) is 32.2 Å². The monoisotopic (exact) mass is 239 g/mol. The van der Waals surface area contributed by atoms with Crippen molar-refractivity contribution in [2.24, 2.45) is 17.6 Å². The van der Waals surface area contributed by atoms with Gasteiger partial charge in [0.05, 0.1) is 5.92 Å². The Balaban J connectivity index is 2.00. The Labute approximate surface area is 102 Å². The lowest BCUT2D eigenvalue weighted by molar-refractivity contribution is -0.139. The molecule has 5 heteroatoms. The summed E-state index contributed by atoms with van der Waals surface area (Å²) in [6.45, 7) is 3.99. The fourth-order valence-corrected chi connectivity index (χ4v) is 2.78. The topological polar surface area (TPSA) is 75.4 Å². The Hall–Kier alpha value is -1.10. The first-order chi connectivity index (χ1) is 8.11. The molecule has 2 aliphatic rings. The summed E-state index contributed by atoms with van der Waals surface area (Å²) in [6, 6.07) is 0.155. The zero-order chi connectivity index (χ0) is 12.4. The lowest BCUT2D eigenvalue weighted by atomic mass is 9.91. The maximum Gasteiger partial charge on any atom is 0.228 e. The third kappa shape index (κ3) is 2.60. The number of hydrogen-bond acceptors (Lipinski definition) is 3. The number of piperidine rings is 1. The van der Waals surface area contributed by atoms with Gasteiger partial charge < -0.3 is 16.0 Å². The van der Waals surface area contributed by atoms with Crippen LogP contribution in [-0.4, -0.2) is 42.4 Å². The molecule has 5 nitrogen and oxygen atoms in total. The van der Waals surface area contributed by atoms with E-state index in [1.807, 2.05) is 4.90 Å². The highest BCUT2D eigenvalue weighted by Crippen LogP contribution is 2.24. The minimum Gasteiger partial charge on any atom is -0.355 e. The van der Waals surface area contributed by atoms with Gasteiger partial charge in [-0.3, -0.25) is 9.59 Å². The highest BCUT2D eigenvalue weighted by atomic mass is 16.2. The maximum atomic E-state index is 12.3. The van der Waals surface area contributed by atoms with Crippen LogP contribution in [0.5, 0.6) is 0 Å². The minimum absolute atomic E-state index is 0.0157. The maximum absolute atomic E-state index is 12.3. The van der Waals surface area contributed by atoms with Gasteiger partial charge in [-0.25, -0.2) is 0 Å². The number of nitrogens with zero attached hydrogens (tertiary/aromatic N) is 1. The molecule has 0 aromatic carbocycles. The van der Waals surface area contributed by atoms with Crippen LogP contribution < -0.4 is 11.1 Å². The Morgan fingerprint density at radius 2 is 2.35 bits per heavy atom. The highest BCUT2D eigenvalue weighted by Gasteiger charge is 2.36. The fraction of sp³-hybridized carbons (Fsp3) is 0.833. The molecule has 0 saturated carbocycles. The minimum atomic E-state index is -0.176. The highest BCUT2D eigenvalue weighted by molar-refractivity contribution is 5.89. The second-order valence-corrected chi connectivity index (χ2v) is 5.26. The van der Waals surface area contributed by atoms with Crippen LogP contribution in [0.15, 0.2) is 0 Å². The number of carbonyl (C=O) groups excluding carboxylic acids is 2. The molecule has 96 valence electrons. The summed E-state index contributed by atoms with van der Waals surface area (Å²) in [4.78, 5) is 25.3. The van der Waals surface area contributed by atoms with Crippen LogP contribution >= 0.6 is 0 Å². The van der Waals surface area contributed by atoms with Crippen LogP contribution in [0.1, 0.15) is 26.2 Å². The molecule has 3 atom stereocenters. The molecule has 0 spiro atoms. The number of nitrogens with one attached hydrogen (secondary N) is 1. The third-order valence-electron chi connectivity index (χ3n) is 3.86. The quantitative estimate of drug-likeness (QED) is 0.695. The predicted molar refractivity (Wildman–Crippen MR) is 64.1 cm³/mol. The molecule has 0 aliphatic carbocycles. The van der Waals surface area contributed by atoms with E-state index in [-0.39, 0.29) is 23.8 Å². The number of rotatable bonds is 2. The number of nitrogens with two attached hydrogens (primary N) is 1. The first kappa shape index (κ1) is 12.4.